The number of Topliss-reactive ketones (excluding diaryl/α,β-unsaturated/α-hetero) is 1. The highest BCUT2D eigenvalue weighted by molar-refractivity contribution is 6.35. The number of benzene rings is 2. The summed E-state index contributed by atoms with van der Waals surface area (Å²) < 4.78 is 21.5. The van der Waals surface area contributed by atoms with E-state index in [-0.39, 0.29) is 22.1 Å². The summed E-state index contributed by atoms with van der Waals surface area (Å²) in [6.45, 7) is 5.49. The van der Waals surface area contributed by atoms with Gasteiger partial charge in [0.1, 0.15) is 5.02 Å². The molecule has 33 heavy (non-hydrogen) atoms. The molecule has 1 unspecified atom stereocenters. The van der Waals surface area contributed by atoms with Gasteiger partial charge < -0.3 is 24.3 Å². The highest BCUT2D eigenvalue weighted by Crippen LogP contribution is 2.42. The summed E-state index contributed by atoms with van der Waals surface area (Å²) in [4.78, 5) is 25.1. The molecule has 2 aromatic carbocycles. The predicted molar refractivity (Wildman–Crippen MR) is 126 cm³/mol. The first-order valence-corrected chi connectivity index (χ1v) is 10.7. The van der Waals surface area contributed by atoms with Crippen LogP contribution in [-0.2, 0) is 9.59 Å². The zero-order chi connectivity index (χ0) is 24.5. The van der Waals surface area contributed by atoms with E-state index < -0.39 is 17.7 Å². The Kier molecular flexibility index (Phi) is 9.74. The molecule has 2 rings (SSSR count). The molecule has 1 atom stereocenters. The number of azo groups is 1. The molecule has 0 aliphatic rings. The molecule has 0 aliphatic carbocycles. The first-order valence-electron chi connectivity index (χ1n) is 9.99. The Hall–Kier alpha value is -3.04. The molecule has 178 valence electrons. The fraction of sp³-hybridized carbons (Fsp3) is 0.364. The van der Waals surface area contributed by atoms with E-state index in [2.05, 4.69) is 15.5 Å². The minimum Gasteiger partial charge on any atom is -0.493 e. The normalized spacial score (nSPS) is 11.7. The van der Waals surface area contributed by atoms with Crippen molar-refractivity contribution in [1.29, 1.82) is 0 Å². The van der Waals surface area contributed by atoms with Crippen LogP contribution in [0.25, 0.3) is 0 Å². The standard InChI is InChI=1S/C22H25Cl2N3O6/c1-6-32-16-10-13(23)11-17(33-7-2)20(16)27-26-19(12(3)28)22(29)25-14-8-9-15(30-4)21(31-5)18(14)24/h8-11,19H,6-7H2,1-5H3,(H,25,29). The van der Waals surface area contributed by atoms with Crippen molar-refractivity contribution in [3.63, 3.8) is 0 Å². The summed E-state index contributed by atoms with van der Waals surface area (Å²) in [5.74, 6) is -0.0199. The number of anilines is 1. The zero-order valence-electron chi connectivity index (χ0n) is 18.9. The second kappa shape index (κ2) is 12.3. The minimum atomic E-state index is -1.45. The summed E-state index contributed by atoms with van der Waals surface area (Å²) in [6, 6.07) is 4.74. The van der Waals surface area contributed by atoms with Gasteiger partial charge in [-0.2, -0.15) is 5.11 Å². The van der Waals surface area contributed by atoms with Crippen molar-refractivity contribution in [2.75, 3.05) is 32.8 Å². The fourth-order valence-electron chi connectivity index (χ4n) is 2.80. The lowest BCUT2D eigenvalue weighted by Gasteiger charge is -2.15. The minimum absolute atomic E-state index is 0.111. The lowest BCUT2D eigenvalue weighted by atomic mass is 10.2. The van der Waals surface area contributed by atoms with E-state index in [4.69, 9.17) is 42.1 Å². The van der Waals surface area contributed by atoms with Gasteiger partial charge in [0.2, 0.25) is 6.04 Å². The van der Waals surface area contributed by atoms with Crippen LogP contribution >= 0.6 is 23.2 Å². The molecule has 0 bridgehead atoms. The smallest absolute Gasteiger partial charge is 0.258 e. The summed E-state index contributed by atoms with van der Waals surface area (Å²) in [6.07, 6.45) is 0. The van der Waals surface area contributed by atoms with Crippen LogP contribution in [0.2, 0.25) is 10.0 Å². The topological polar surface area (TPSA) is 108 Å². The number of methoxy groups -OCH3 is 2. The van der Waals surface area contributed by atoms with Crippen LogP contribution in [0.3, 0.4) is 0 Å². The Morgan fingerprint density at radius 1 is 1.00 bits per heavy atom. The molecule has 2 aromatic rings. The molecular weight excluding hydrogens is 473 g/mol. The fourth-order valence-corrected chi connectivity index (χ4v) is 3.28. The first kappa shape index (κ1) is 26.2. The molecule has 1 N–H and O–H groups in total. The number of nitrogens with zero attached hydrogens (tertiary/aromatic N) is 2. The van der Waals surface area contributed by atoms with Crippen molar-refractivity contribution >= 4 is 46.3 Å². The number of hydrogen-bond acceptors (Lipinski definition) is 8. The van der Waals surface area contributed by atoms with Crippen LogP contribution in [0.1, 0.15) is 20.8 Å². The van der Waals surface area contributed by atoms with E-state index in [0.717, 1.165) is 0 Å². The van der Waals surface area contributed by atoms with Crippen molar-refractivity contribution in [1.82, 2.24) is 0 Å². The van der Waals surface area contributed by atoms with Gasteiger partial charge in [-0.3, -0.25) is 9.59 Å². The lowest BCUT2D eigenvalue weighted by Crippen LogP contribution is -2.32. The number of carbonyl (C=O) groups is 2. The van der Waals surface area contributed by atoms with Gasteiger partial charge >= 0.3 is 0 Å². The molecular formula is C22H25Cl2N3O6. The van der Waals surface area contributed by atoms with Crippen molar-refractivity contribution in [2.24, 2.45) is 10.2 Å². The molecule has 0 saturated heterocycles. The molecule has 0 aliphatic heterocycles. The highest BCUT2D eigenvalue weighted by atomic mass is 35.5. The van der Waals surface area contributed by atoms with Gasteiger partial charge in [0.05, 0.1) is 33.1 Å². The van der Waals surface area contributed by atoms with Crippen molar-refractivity contribution in [3.8, 4) is 23.0 Å². The second-order valence-electron chi connectivity index (χ2n) is 6.50. The van der Waals surface area contributed by atoms with Gasteiger partial charge in [-0.1, -0.05) is 23.2 Å². The van der Waals surface area contributed by atoms with Crippen LogP contribution in [0.15, 0.2) is 34.5 Å². The average molecular weight is 498 g/mol. The Morgan fingerprint density at radius 3 is 2.09 bits per heavy atom. The first-order chi connectivity index (χ1) is 15.8. The van der Waals surface area contributed by atoms with Crippen LogP contribution in [0, 0.1) is 0 Å². The molecule has 0 fully saturated rings. The molecule has 0 aromatic heterocycles. The van der Waals surface area contributed by atoms with E-state index in [0.29, 0.717) is 35.5 Å². The van der Waals surface area contributed by atoms with E-state index in [1.54, 1.807) is 32.0 Å². The highest BCUT2D eigenvalue weighted by Gasteiger charge is 2.26. The summed E-state index contributed by atoms with van der Waals surface area (Å²) in [7, 11) is 2.88. The van der Waals surface area contributed by atoms with Gasteiger partial charge in [0.25, 0.3) is 5.91 Å². The van der Waals surface area contributed by atoms with Gasteiger partial charge in [-0.25, -0.2) is 0 Å². The molecule has 11 heteroatoms. The van der Waals surface area contributed by atoms with E-state index in [1.807, 2.05) is 0 Å². The maximum Gasteiger partial charge on any atom is 0.258 e. The predicted octanol–water partition coefficient (Wildman–Crippen LogP) is 5.49. The Bertz CT molecular complexity index is 1020. The number of amides is 1. The van der Waals surface area contributed by atoms with E-state index in [1.165, 1.54) is 27.2 Å². The monoisotopic (exact) mass is 497 g/mol. The maximum absolute atomic E-state index is 12.9. The molecule has 0 saturated carbocycles. The van der Waals surface area contributed by atoms with Crippen molar-refractivity contribution in [3.05, 3.63) is 34.3 Å². The lowest BCUT2D eigenvalue weighted by molar-refractivity contribution is -0.126. The van der Waals surface area contributed by atoms with Gasteiger partial charge in [-0.05, 0) is 32.9 Å². The summed E-state index contributed by atoms with van der Waals surface area (Å²) in [5.41, 5.74) is 0.434. The van der Waals surface area contributed by atoms with E-state index >= 15 is 0 Å². The number of hydrogen-bond donors (Lipinski definition) is 1. The largest absolute Gasteiger partial charge is 0.493 e. The number of rotatable bonds is 11. The Labute approximate surface area is 202 Å². The number of ketones is 1. The molecule has 9 nitrogen and oxygen atoms in total. The second-order valence-corrected chi connectivity index (χ2v) is 7.31. The zero-order valence-corrected chi connectivity index (χ0v) is 20.4. The van der Waals surface area contributed by atoms with Crippen molar-refractivity contribution in [2.45, 2.75) is 26.8 Å². The Balaban J connectivity index is 2.39. The molecule has 1 amide bonds. The van der Waals surface area contributed by atoms with Crippen LogP contribution in [-0.4, -0.2) is 45.2 Å². The van der Waals surface area contributed by atoms with Crippen LogP contribution in [0.4, 0.5) is 11.4 Å². The SMILES string of the molecule is CCOc1cc(Cl)cc(OCC)c1N=NC(C(C)=O)C(=O)Nc1ccc(OC)c(OC)c1Cl. The Morgan fingerprint density at radius 2 is 1.61 bits per heavy atom. The van der Waals surface area contributed by atoms with Crippen molar-refractivity contribution < 1.29 is 28.5 Å². The summed E-state index contributed by atoms with van der Waals surface area (Å²) in [5, 5.41) is 11.1. The number of nitrogens with one attached hydrogen (secondary N) is 1. The summed E-state index contributed by atoms with van der Waals surface area (Å²) >= 11 is 12.4. The molecule has 0 radical (unpaired) electrons. The van der Waals surface area contributed by atoms with E-state index in [9.17, 15) is 9.59 Å². The third-order valence-electron chi connectivity index (χ3n) is 4.25. The number of ether oxygens (including phenoxy) is 4. The van der Waals surface area contributed by atoms with Gasteiger partial charge in [0, 0.05) is 17.2 Å². The molecule has 0 heterocycles. The number of carbonyl (C=O) groups excluding carboxylic acids is 2. The van der Waals surface area contributed by atoms with Crippen LogP contribution in [0.5, 0.6) is 23.0 Å². The average Bonchev–Trinajstić information content (AvgIpc) is 2.76. The third-order valence-corrected chi connectivity index (χ3v) is 4.85. The maximum atomic E-state index is 12.9. The third kappa shape index (κ3) is 6.49. The number of halogens is 2. The quantitative estimate of drug-likeness (QED) is 0.324. The van der Waals surface area contributed by atoms with Gasteiger partial charge in [-0.15, -0.1) is 5.11 Å². The van der Waals surface area contributed by atoms with Gasteiger partial charge in [0.15, 0.2) is 34.5 Å². The van der Waals surface area contributed by atoms with Crippen LogP contribution < -0.4 is 24.3 Å². The molecule has 0 spiro atoms.